The highest BCUT2D eigenvalue weighted by molar-refractivity contribution is 6.36. The van der Waals surface area contributed by atoms with Crippen molar-refractivity contribution in [3.05, 3.63) is 22.2 Å². The van der Waals surface area contributed by atoms with Gasteiger partial charge >= 0.3 is 5.97 Å². The van der Waals surface area contributed by atoms with Gasteiger partial charge in [-0.15, -0.1) is 0 Å². The number of phenols is 1. The number of carboxylic acid groups (broad SMARTS) is 1. The summed E-state index contributed by atoms with van der Waals surface area (Å²) < 4.78 is 5.21. The fraction of sp³-hybridized carbons (Fsp3) is 0.300. The molecule has 6 heteroatoms. The first kappa shape index (κ1) is 12.9. The highest BCUT2D eigenvalue weighted by atomic mass is 35.5. The molecule has 0 heterocycles. The van der Waals surface area contributed by atoms with Crippen LogP contribution in [0.15, 0.2) is 12.1 Å². The van der Waals surface area contributed by atoms with Crippen molar-refractivity contribution >= 4 is 29.2 Å². The van der Waals surface area contributed by atoms with Crippen molar-refractivity contribution in [2.24, 2.45) is 0 Å². The van der Waals surface area contributed by atoms with Gasteiger partial charge in [0.25, 0.3) is 0 Å². The van der Waals surface area contributed by atoms with Gasteiger partial charge in [-0.05, 0) is 12.5 Å². The van der Waals surface area contributed by atoms with Crippen LogP contribution in [0.4, 0.5) is 0 Å². The second kappa shape index (κ2) is 5.82. The van der Waals surface area contributed by atoms with Gasteiger partial charge in [-0.3, -0.25) is 4.79 Å². The first-order valence-electron chi connectivity index (χ1n) is 4.53. The largest absolute Gasteiger partial charge is 0.506 e. The lowest BCUT2D eigenvalue weighted by Crippen LogP contribution is -2.02. The van der Waals surface area contributed by atoms with E-state index in [1.54, 1.807) is 0 Å². The summed E-state index contributed by atoms with van der Waals surface area (Å²) >= 11 is 11.4. The first-order valence-corrected chi connectivity index (χ1v) is 5.29. The zero-order valence-electron chi connectivity index (χ0n) is 8.24. The number of hydrogen-bond acceptors (Lipinski definition) is 3. The summed E-state index contributed by atoms with van der Waals surface area (Å²) in [5, 5.41) is 18.1. The van der Waals surface area contributed by atoms with Crippen molar-refractivity contribution in [1.82, 2.24) is 0 Å². The molecule has 0 unspecified atom stereocenters. The van der Waals surface area contributed by atoms with E-state index in [1.807, 2.05) is 0 Å². The van der Waals surface area contributed by atoms with E-state index in [-0.39, 0.29) is 34.6 Å². The molecule has 0 atom stereocenters. The number of rotatable bonds is 5. The summed E-state index contributed by atoms with van der Waals surface area (Å²) in [6.07, 6.45) is 0.395. The van der Waals surface area contributed by atoms with Gasteiger partial charge in [0.2, 0.25) is 0 Å². The number of aromatic hydroxyl groups is 1. The topological polar surface area (TPSA) is 66.8 Å². The Labute approximate surface area is 102 Å². The highest BCUT2D eigenvalue weighted by Gasteiger charge is 2.07. The molecule has 1 aromatic carbocycles. The number of ether oxygens (including phenoxy) is 1. The van der Waals surface area contributed by atoms with Gasteiger partial charge in [-0.2, -0.15) is 0 Å². The molecule has 1 aromatic rings. The summed E-state index contributed by atoms with van der Waals surface area (Å²) in [5.41, 5.74) is 0. The summed E-state index contributed by atoms with van der Waals surface area (Å²) in [6, 6.07) is 2.66. The molecular weight excluding hydrogens is 255 g/mol. The number of aliphatic carboxylic acids is 1. The number of hydrogen-bond donors (Lipinski definition) is 2. The molecule has 0 aliphatic carbocycles. The molecule has 1 rings (SSSR count). The maximum absolute atomic E-state index is 10.2. The van der Waals surface area contributed by atoms with Gasteiger partial charge in [0.05, 0.1) is 16.7 Å². The average molecular weight is 265 g/mol. The lowest BCUT2D eigenvalue weighted by atomic mass is 10.3. The van der Waals surface area contributed by atoms with Gasteiger partial charge in [-0.25, -0.2) is 0 Å². The van der Waals surface area contributed by atoms with Crippen LogP contribution in [0.3, 0.4) is 0 Å². The first-order chi connectivity index (χ1) is 7.50. The molecule has 16 heavy (non-hydrogen) atoms. The van der Waals surface area contributed by atoms with Gasteiger partial charge < -0.3 is 14.9 Å². The number of phenolic OH excluding ortho intramolecular Hbond substituents is 1. The van der Waals surface area contributed by atoms with E-state index < -0.39 is 5.97 Å². The molecule has 0 saturated heterocycles. The van der Waals surface area contributed by atoms with Crippen molar-refractivity contribution in [2.45, 2.75) is 12.8 Å². The van der Waals surface area contributed by atoms with Crippen LogP contribution in [0.2, 0.25) is 10.0 Å². The third kappa shape index (κ3) is 3.79. The fourth-order valence-electron chi connectivity index (χ4n) is 1.03. The molecule has 88 valence electrons. The molecule has 0 aromatic heterocycles. The van der Waals surface area contributed by atoms with Crippen LogP contribution in [-0.4, -0.2) is 22.8 Å². The second-order valence-corrected chi connectivity index (χ2v) is 3.89. The van der Waals surface area contributed by atoms with E-state index >= 15 is 0 Å². The standard InChI is InChI=1S/C10H10Cl2O4/c11-6-4-7(12)9(5-8(6)13)16-3-1-2-10(14)15/h4-5,13H,1-3H2,(H,14,15). The molecule has 0 fully saturated rings. The fourth-order valence-corrected chi connectivity index (χ4v) is 1.47. The van der Waals surface area contributed by atoms with Crippen molar-refractivity contribution in [2.75, 3.05) is 6.61 Å². The van der Waals surface area contributed by atoms with Crippen molar-refractivity contribution in [1.29, 1.82) is 0 Å². The van der Waals surface area contributed by atoms with E-state index in [1.165, 1.54) is 12.1 Å². The number of carbonyl (C=O) groups is 1. The second-order valence-electron chi connectivity index (χ2n) is 3.08. The maximum atomic E-state index is 10.2. The van der Waals surface area contributed by atoms with E-state index in [0.29, 0.717) is 6.42 Å². The van der Waals surface area contributed by atoms with Gasteiger partial charge in [0.1, 0.15) is 11.5 Å². The molecule has 0 spiro atoms. The minimum absolute atomic E-state index is 0.0250. The van der Waals surface area contributed by atoms with Crippen molar-refractivity contribution in [3.63, 3.8) is 0 Å². The van der Waals surface area contributed by atoms with E-state index in [2.05, 4.69) is 0 Å². The summed E-state index contributed by atoms with van der Waals surface area (Å²) in [6.45, 7) is 0.215. The lowest BCUT2D eigenvalue weighted by molar-refractivity contribution is -0.137. The molecule has 0 aliphatic heterocycles. The minimum Gasteiger partial charge on any atom is -0.506 e. The monoisotopic (exact) mass is 264 g/mol. The van der Waals surface area contributed by atoms with Gasteiger partial charge in [0.15, 0.2) is 0 Å². The van der Waals surface area contributed by atoms with E-state index in [9.17, 15) is 9.90 Å². The zero-order chi connectivity index (χ0) is 12.1. The number of carboxylic acids is 1. The molecule has 2 N–H and O–H groups in total. The van der Waals surface area contributed by atoms with Crippen LogP contribution < -0.4 is 4.74 Å². The SMILES string of the molecule is O=C(O)CCCOc1cc(O)c(Cl)cc1Cl. The molecule has 0 aliphatic rings. The Kier molecular flexibility index (Phi) is 4.71. The van der Waals surface area contributed by atoms with Crippen LogP contribution in [0.5, 0.6) is 11.5 Å². The smallest absolute Gasteiger partial charge is 0.303 e. The maximum Gasteiger partial charge on any atom is 0.303 e. The van der Waals surface area contributed by atoms with Crippen molar-refractivity contribution < 1.29 is 19.7 Å². The number of benzene rings is 1. The van der Waals surface area contributed by atoms with E-state index in [0.717, 1.165) is 0 Å². The molecular formula is C10H10Cl2O4. The molecule has 4 nitrogen and oxygen atoms in total. The van der Waals surface area contributed by atoms with Gasteiger partial charge in [-0.1, -0.05) is 23.2 Å². The third-order valence-corrected chi connectivity index (χ3v) is 2.39. The van der Waals surface area contributed by atoms with E-state index in [4.69, 9.17) is 33.0 Å². The Hall–Kier alpha value is -1.13. The van der Waals surface area contributed by atoms with Crippen LogP contribution in [0.25, 0.3) is 0 Å². The molecule has 0 saturated carbocycles. The lowest BCUT2D eigenvalue weighted by Gasteiger charge is -2.08. The van der Waals surface area contributed by atoms with Crippen molar-refractivity contribution in [3.8, 4) is 11.5 Å². The summed E-state index contributed by atoms with van der Waals surface area (Å²) in [4.78, 5) is 10.2. The Morgan fingerprint density at radius 2 is 2.00 bits per heavy atom. The third-order valence-electron chi connectivity index (χ3n) is 1.79. The predicted octanol–water partition coefficient (Wildman–Crippen LogP) is 2.94. The average Bonchev–Trinajstić information content (AvgIpc) is 2.19. The number of halogens is 2. The highest BCUT2D eigenvalue weighted by Crippen LogP contribution is 2.34. The summed E-state index contributed by atoms with van der Waals surface area (Å²) in [7, 11) is 0. The van der Waals surface area contributed by atoms with Crippen LogP contribution >= 0.6 is 23.2 Å². The normalized spacial score (nSPS) is 10.1. The Balaban J connectivity index is 2.54. The predicted molar refractivity (Wildman–Crippen MR) is 60.5 cm³/mol. The molecule has 0 bridgehead atoms. The quantitative estimate of drug-likeness (QED) is 0.803. The van der Waals surface area contributed by atoms with Crippen LogP contribution in [-0.2, 0) is 4.79 Å². The Bertz CT molecular complexity index is 393. The van der Waals surface area contributed by atoms with Gasteiger partial charge in [0, 0.05) is 12.5 Å². The summed E-state index contributed by atoms with van der Waals surface area (Å²) in [5.74, 6) is -0.720. The molecule has 0 amide bonds. The van der Waals surface area contributed by atoms with Crippen LogP contribution in [0, 0.1) is 0 Å². The zero-order valence-corrected chi connectivity index (χ0v) is 9.75. The Morgan fingerprint density at radius 1 is 1.31 bits per heavy atom. The minimum atomic E-state index is -0.881. The Morgan fingerprint density at radius 3 is 2.62 bits per heavy atom. The van der Waals surface area contributed by atoms with Crippen LogP contribution in [0.1, 0.15) is 12.8 Å². The molecule has 0 radical (unpaired) electrons.